The number of carbonyl (C=O) groups excluding carboxylic acids is 2. The fourth-order valence-corrected chi connectivity index (χ4v) is 4.50. The van der Waals surface area contributed by atoms with Crippen LogP contribution in [0.2, 0.25) is 0 Å². The second-order valence-electron chi connectivity index (χ2n) is 8.77. The Morgan fingerprint density at radius 1 is 0.889 bits per heavy atom. The molecule has 2 aliphatic rings. The maximum absolute atomic E-state index is 13.1. The van der Waals surface area contributed by atoms with Crippen molar-refractivity contribution < 1.29 is 14.3 Å². The molecule has 1 aromatic heterocycles. The molecule has 9 nitrogen and oxygen atoms in total. The van der Waals surface area contributed by atoms with Gasteiger partial charge in [0.2, 0.25) is 5.95 Å². The summed E-state index contributed by atoms with van der Waals surface area (Å²) in [5.41, 5.74) is 2.24. The molecule has 0 bridgehead atoms. The maximum atomic E-state index is 13.1. The molecule has 1 saturated heterocycles. The molecule has 2 unspecified atom stereocenters. The Hall–Kier alpha value is -4.27. The minimum Gasteiger partial charge on any atom is -0.448 e. The van der Waals surface area contributed by atoms with Gasteiger partial charge in [-0.25, -0.2) is 14.8 Å². The Morgan fingerprint density at radius 2 is 1.53 bits per heavy atom. The van der Waals surface area contributed by atoms with Crippen LogP contribution >= 0.6 is 0 Å². The van der Waals surface area contributed by atoms with Crippen molar-refractivity contribution in [3.63, 3.8) is 0 Å². The van der Waals surface area contributed by atoms with Crippen LogP contribution in [0.25, 0.3) is 0 Å². The predicted octanol–water partition coefficient (Wildman–Crippen LogP) is 3.06. The lowest BCUT2D eigenvalue weighted by molar-refractivity contribution is -0.154. The van der Waals surface area contributed by atoms with E-state index in [4.69, 9.17) is 4.74 Å². The van der Waals surface area contributed by atoms with Crippen molar-refractivity contribution >= 4 is 29.2 Å². The SMILES string of the molecule is CC(OC(=O)C1=NN(c2ccccc2)C(c2ccccc2)C1)C(=O)N1CCN(c2ncccn2)CC1. The summed E-state index contributed by atoms with van der Waals surface area (Å²) in [6, 6.07) is 21.3. The van der Waals surface area contributed by atoms with E-state index in [1.165, 1.54) is 0 Å². The minimum absolute atomic E-state index is 0.129. The first-order valence-corrected chi connectivity index (χ1v) is 12.1. The van der Waals surface area contributed by atoms with E-state index in [2.05, 4.69) is 15.1 Å². The number of nitrogens with zero attached hydrogens (tertiary/aromatic N) is 6. The van der Waals surface area contributed by atoms with Crippen LogP contribution in [-0.4, -0.2) is 64.7 Å². The highest BCUT2D eigenvalue weighted by Gasteiger charge is 2.35. The molecule has 1 fully saturated rings. The van der Waals surface area contributed by atoms with Crippen LogP contribution in [0.3, 0.4) is 0 Å². The lowest BCUT2D eigenvalue weighted by Crippen LogP contribution is -2.52. The van der Waals surface area contributed by atoms with E-state index in [1.54, 1.807) is 30.3 Å². The Labute approximate surface area is 210 Å². The van der Waals surface area contributed by atoms with Gasteiger partial charge in [0.05, 0.1) is 11.7 Å². The number of benzene rings is 2. The molecular formula is C27H28N6O3. The Balaban J connectivity index is 1.23. The number of ether oxygens (including phenoxy) is 1. The Kier molecular flexibility index (Phi) is 6.88. The molecular weight excluding hydrogens is 456 g/mol. The van der Waals surface area contributed by atoms with Crippen LogP contribution in [0.1, 0.15) is 24.9 Å². The van der Waals surface area contributed by atoms with Crippen molar-refractivity contribution in [2.75, 3.05) is 36.1 Å². The van der Waals surface area contributed by atoms with Gasteiger partial charge < -0.3 is 14.5 Å². The zero-order valence-electron chi connectivity index (χ0n) is 20.1. The average molecular weight is 485 g/mol. The molecule has 9 heteroatoms. The van der Waals surface area contributed by atoms with Crippen LogP contribution in [0.15, 0.2) is 84.2 Å². The molecule has 2 aromatic carbocycles. The van der Waals surface area contributed by atoms with Gasteiger partial charge in [0.25, 0.3) is 5.91 Å². The summed E-state index contributed by atoms with van der Waals surface area (Å²) < 4.78 is 5.60. The number of aromatic nitrogens is 2. The van der Waals surface area contributed by atoms with Gasteiger partial charge in [-0.05, 0) is 30.7 Å². The molecule has 36 heavy (non-hydrogen) atoms. The van der Waals surface area contributed by atoms with E-state index in [0.717, 1.165) is 11.3 Å². The molecule has 0 saturated carbocycles. The van der Waals surface area contributed by atoms with Gasteiger partial charge in [0.1, 0.15) is 5.71 Å². The molecule has 3 heterocycles. The molecule has 2 atom stereocenters. The van der Waals surface area contributed by atoms with E-state index in [-0.39, 0.29) is 11.9 Å². The minimum atomic E-state index is -0.902. The van der Waals surface area contributed by atoms with Crippen LogP contribution in [0.5, 0.6) is 0 Å². The van der Waals surface area contributed by atoms with Crippen LogP contribution < -0.4 is 9.91 Å². The normalized spacial score (nSPS) is 18.5. The summed E-state index contributed by atoms with van der Waals surface area (Å²) in [5.74, 6) is -0.124. The van der Waals surface area contributed by atoms with Crippen LogP contribution in [0, 0.1) is 0 Å². The van der Waals surface area contributed by atoms with Gasteiger partial charge in [-0.1, -0.05) is 48.5 Å². The third kappa shape index (κ3) is 5.05. The number of esters is 1. The van der Waals surface area contributed by atoms with Gasteiger partial charge in [-0.2, -0.15) is 5.10 Å². The van der Waals surface area contributed by atoms with Gasteiger partial charge in [0.15, 0.2) is 6.10 Å². The third-order valence-corrected chi connectivity index (χ3v) is 6.41. The first-order chi connectivity index (χ1) is 17.6. The summed E-state index contributed by atoms with van der Waals surface area (Å²) in [5, 5.41) is 6.46. The number of carbonyl (C=O) groups is 2. The summed E-state index contributed by atoms with van der Waals surface area (Å²) in [6.45, 7) is 3.88. The average Bonchev–Trinajstić information content (AvgIpc) is 3.40. The highest BCUT2D eigenvalue weighted by Crippen LogP contribution is 2.35. The molecule has 0 aliphatic carbocycles. The number of rotatable bonds is 6. The van der Waals surface area contributed by atoms with Gasteiger partial charge in [-0.3, -0.25) is 9.80 Å². The zero-order valence-corrected chi connectivity index (χ0v) is 20.1. The molecule has 184 valence electrons. The lowest BCUT2D eigenvalue weighted by atomic mass is 10.0. The van der Waals surface area contributed by atoms with Crippen molar-refractivity contribution in [2.24, 2.45) is 5.10 Å². The highest BCUT2D eigenvalue weighted by molar-refractivity contribution is 6.37. The zero-order chi connectivity index (χ0) is 24.9. The predicted molar refractivity (Wildman–Crippen MR) is 137 cm³/mol. The first-order valence-electron chi connectivity index (χ1n) is 12.1. The molecule has 0 N–H and O–H groups in total. The Morgan fingerprint density at radius 3 is 2.19 bits per heavy atom. The first kappa shape index (κ1) is 23.5. The van der Waals surface area contributed by atoms with E-state index >= 15 is 0 Å². The molecule has 5 rings (SSSR count). The van der Waals surface area contributed by atoms with Crippen molar-refractivity contribution in [3.05, 3.63) is 84.7 Å². The quantitative estimate of drug-likeness (QED) is 0.497. The number of hydrazone groups is 1. The highest BCUT2D eigenvalue weighted by atomic mass is 16.5. The van der Waals surface area contributed by atoms with Crippen LogP contribution in [-0.2, 0) is 14.3 Å². The second kappa shape index (κ2) is 10.6. The van der Waals surface area contributed by atoms with Gasteiger partial charge in [-0.15, -0.1) is 0 Å². The largest absolute Gasteiger partial charge is 0.448 e. The van der Waals surface area contributed by atoms with E-state index in [9.17, 15) is 9.59 Å². The smallest absolute Gasteiger partial charge is 0.355 e. The molecule has 2 aliphatic heterocycles. The number of anilines is 2. The standard InChI is InChI=1S/C27H28N6O3/c1-20(25(34)31-15-17-32(18-16-31)27-28-13-8-14-29-27)36-26(35)23-19-24(21-9-4-2-5-10-21)33(30-23)22-11-6-3-7-12-22/h2-14,20,24H,15-19H2,1H3. The monoisotopic (exact) mass is 484 g/mol. The Bertz CT molecular complexity index is 1210. The molecule has 1 amide bonds. The van der Waals surface area contributed by atoms with Gasteiger partial charge in [0, 0.05) is 45.0 Å². The summed E-state index contributed by atoms with van der Waals surface area (Å²) in [4.78, 5) is 38.4. The van der Waals surface area contributed by atoms with Crippen molar-refractivity contribution in [1.29, 1.82) is 0 Å². The summed E-state index contributed by atoms with van der Waals surface area (Å²) in [7, 11) is 0. The summed E-state index contributed by atoms with van der Waals surface area (Å²) in [6.07, 6.45) is 2.90. The van der Waals surface area contributed by atoms with Gasteiger partial charge >= 0.3 is 5.97 Å². The fraction of sp³-hybridized carbons (Fsp3) is 0.296. The number of piperazine rings is 1. The van der Waals surface area contributed by atoms with E-state index < -0.39 is 12.1 Å². The number of amides is 1. The molecule has 0 radical (unpaired) electrons. The van der Waals surface area contributed by atoms with Crippen molar-refractivity contribution in [3.8, 4) is 0 Å². The molecule has 0 spiro atoms. The third-order valence-electron chi connectivity index (χ3n) is 6.41. The second-order valence-corrected chi connectivity index (χ2v) is 8.77. The number of hydrogen-bond donors (Lipinski definition) is 0. The summed E-state index contributed by atoms with van der Waals surface area (Å²) >= 11 is 0. The fourth-order valence-electron chi connectivity index (χ4n) is 4.50. The number of para-hydroxylation sites is 1. The number of hydrogen-bond acceptors (Lipinski definition) is 8. The van der Waals surface area contributed by atoms with E-state index in [1.807, 2.05) is 70.6 Å². The van der Waals surface area contributed by atoms with E-state index in [0.29, 0.717) is 44.3 Å². The maximum Gasteiger partial charge on any atom is 0.355 e. The van der Waals surface area contributed by atoms with Crippen molar-refractivity contribution in [1.82, 2.24) is 14.9 Å². The van der Waals surface area contributed by atoms with Crippen LogP contribution in [0.4, 0.5) is 11.6 Å². The lowest BCUT2D eigenvalue weighted by Gasteiger charge is -2.35. The van der Waals surface area contributed by atoms with Crippen molar-refractivity contribution in [2.45, 2.75) is 25.5 Å². The topological polar surface area (TPSA) is 91.2 Å². The molecule has 3 aromatic rings.